The Hall–Kier alpha value is -0.530. The van der Waals surface area contributed by atoms with Crippen molar-refractivity contribution in [3.63, 3.8) is 0 Å². The van der Waals surface area contributed by atoms with Crippen molar-refractivity contribution in [2.45, 2.75) is 72.3 Å². The normalized spacial score (nSPS) is 30.4. The summed E-state index contributed by atoms with van der Waals surface area (Å²) in [5.41, 5.74) is 0.357. The number of carbonyl (C=O) groups excluding carboxylic acids is 1. The zero-order valence-electron chi connectivity index (χ0n) is 11.2. The zero-order valence-corrected chi connectivity index (χ0v) is 11.2. The molecule has 94 valence electrons. The van der Waals surface area contributed by atoms with E-state index >= 15 is 0 Å². The Labute approximate surface area is 99.8 Å². The van der Waals surface area contributed by atoms with Gasteiger partial charge in [0.1, 0.15) is 6.10 Å². The third kappa shape index (κ3) is 3.50. The molecule has 2 atom stereocenters. The van der Waals surface area contributed by atoms with Crippen molar-refractivity contribution in [2.24, 2.45) is 11.3 Å². The molecular formula is C14H26O2. The number of ether oxygens (including phenoxy) is 1. The predicted octanol–water partition coefficient (Wildman–Crippen LogP) is 3.93. The fraction of sp³-hybridized carbons (Fsp3) is 0.929. The minimum atomic E-state index is -0.0134. The molecule has 1 aliphatic carbocycles. The van der Waals surface area contributed by atoms with Crippen LogP contribution in [0.1, 0.15) is 66.2 Å². The lowest BCUT2D eigenvalue weighted by atomic mass is 9.67. The summed E-state index contributed by atoms with van der Waals surface area (Å²) in [5.74, 6) is 0.653. The lowest BCUT2D eigenvalue weighted by Gasteiger charge is -2.40. The SMILES string of the molecule is CCCC(=O)OC1CCCC(C)(C(C)C)C1. The van der Waals surface area contributed by atoms with E-state index < -0.39 is 0 Å². The first-order valence-corrected chi connectivity index (χ1v) is 6.67. The van der Waals surface area contributed by atoms with Crippen LogP contribution < -0.4 is 0 Å². The number of hydrogen-bond acceptors (Lipinski definition) is 2. The van der Waals surface area contributed by atoms with Gasteiger partial charge in [-0.05, 0) is 43.4 Å². The van der Waals surface area contributed by atoms with Gasteiger partial charge >= 0.3 is 5.97 Å². The molecule has 0 N–H and O–H groups in total. The Morgan fingerprint density at radius 3 is 2.75 bits per heavy atom. The summed E-state index contributed by atoms with van der Waals surface area (Å²) in [6, 6.07) is 0. The number of carbonyl (C=O) groups is 1. The maximum atomic E-state index is 11.5. The Balaban J connectivity index is 2.47. The van der Waals surface area contributed by atoms with Crippen LogP contribution in [0.3, 0.4) is 0 Å². The molecule has 2 heteroatoms. The first-order chi connectivity index (χ1) is 7.48. The molecule has 0 amide bonds. The molecule has 0 aromatic carbocycles. The van der Waals surface area contributed by atoms with E-state index in [4.69, 9.17) is 4.74 Å². The first kappa shape index (κ1) is 13.5. The molecular weight excluding hydrogens is 200 g/mol. The fourth-order valence-electron chi connectivity index (χ4n) is 2.53. The molecule has 0 aromatic heterocycles. The Morgan fingerprint density at radius 2 is 2.19 bits per heavy atom. The van der Waals surface area contributed by atoms with Crippen LogP contribution >= 0.6 is 0 Å². The van der Waals surface area contributed by atoms with E-state index in [2.05, 4.69) is 20.8 Å². The number of rotatable bonds is 4. The third-order valence-electron chi connectivity index (χ3n) is 4.11. The van der Waals surface area contributed by atoms with Gasteiger partial charge in [-0.15, -0.1) is 0 Å². The van der Waals surface area contributed by atoms with Crippen molar-refractivity contribution in [3.05, 3.63) is 0 Å². The average Bonchev–Trinajstić information content (AvgIpc) is 2.17. The molecule has 16 heavy (non-hydrogen) atoms. The van der Waals surface area contributed by atoms with Gasteiger partial charge in [0, 0.05) is 6.42 Å². The molecule has 0 bridgehead atoms. The van der Waals surface area contributed by atoms with Gasteiger partial charge in [-0.1, -0.05) is 27.7 Å². The highest BCUT2D eigenvalue weighted by atomic mass is 16.5. The maximum absolute atomic E-state index is 11.5. The van der Waals surface area contributed by atoms with E-state index in [9.17, 15) is 4.79 Å². The molecule has 0 radical (unpaired) electrons. The Bertz CT molecular complexity index is 235. The van der Waals surface area contributed by atoms with Gasteiger partial charge in [0.25, 0.3) is 0 Å². The molecule has 0 aliphatic heterocycles. The van der Waals surface area contributed by atoms with Crippen LogP contribution in [0.4, 0.5) is 0 Å². The van der Waals surface area contributed by atoms with Crippen LogP contribution in [0.5, 0.6) is 0 Å². The van der Waals surface area contributed by atoms with Gasteiger partial charge < -0.3 is 4.74 Å². The first-order valence-electron chi connectivity index (χ1n) is 6.67. The summed E-state index contributed by atoms with van der Waals surface area (Å²) in [4.78, 5) is 11.5. The highest BCUT2D eigenvalue weighted by Crippen LogP contribution is 2.42. The second-order valence-electron chi connectivity index (χ2n) is 5.77. The lowest BCUT2D eigenvalue weighted by molar-refractivity contribution is -0.153. The Morgan fingerprint density at radius 1 is 1.50 bits per heavy atom. The second-order valence-corrected chi connectivity index (χ2v) is 5.77. The molecule has 1 saturated carbocycles. The van der Waals surface area contributed by atoms with Crippen molar-refractivity contribution in [3.8, 4) is 0 Å². The average molecular weight is 226 g/mol. The summed E-state index contributed by atoms with van der Waals surface area (Å²) >= 11 is 0. The maximum Gasteiger partial charge on any atom is 0.306 e. The highest BCUT2D eigenvalue weighted by molar-refractivity contribution is 5.69. The van der Waals surface area contributed by atoms with Gasteiger partial charge in [0.15, 0.2) is 0 Å². The summed E-state index contributed by atoms with van der Waals surface area (Å²) in [6.45, 7) is 8.89. The monoisotopic (exact) mass is 226 g/mol. The topological polar surface area (TPSA) is 26.3 Å². The van der Waals surface area contributed by atoms with Gasteiger partial charge in [-0.25, -0.2) is 0 Å². The van der Waals surface area contributed by atoms with Crippen LogP contribution in [0.2, 0.25) is 0 Å². The summed E-state index contributed by atoms with van der Waals surface area (Å²) in [5, 5.41) is 0. The molecule has 2 nitrogen and oxygen atoms in total. The zero-order chi connectivity index (χ0) is 12.2. The van der Waals surface area contributed by atoms with Crippen molar-refractivity contribution >= 4 is 5.97 Å². The number of esters is 1. The van der Waals surface area contributed by atoms with Crippen molar-refractivity contribution in [1.82, 2.24) is 0 Å². The second kappa shape index (κ2) is 5.70. The van der Waals surface area contributed by atoms with E-state index in [0.29, 0.717) is 17.8 Å². The van der Waals surface area contributed by atoms with E-state index in [-0.39, 0.29) is 12.1 Å². The van der Waals surface area contributed by atoms with Crippen LogP contribution in [0.15, 0.2) is 0 Å². The fourth-order valence-corrected chi connectivity index (χ4v) is 2.53. The molecule has 1 fully saturated rings. The highest BCUT2D eigenvalue weighted by Gasteiger charge is 2.36. The van der Waals surface area contributed by atoms with E-state index in [1.807, 2.05) is 6.92 Å². The molecule has 2 unspecified atom stereocenters. The van der Waals surface area contributed by atoms with Gasteiger partial charge in [0.05, 0.1) is 0 Å². The smallest absolute Gasteiger partial charge is 0.306 e. The largest absolute Gasteiger partial charge is 0.462 e. The third-order valence-corrected chi connectivity index (χ3v) is 4.11. The van der Waals surface area contributed by atoms with Crippen molar-refractivity contribution in [2.75, 3.05) is 0 Å². The van der Waals surface area contributed by atoms with Crippen LogP contribution in [0, 0.1) is 11.3 Å². The van der Waals surface area contributed by atoms with Gasteiger partial charge in [0.2, 0.25) is 0 Å². The summed E-state index contributed by atoms with van der Waals surface area (Å²) in [7, 11) is 0. The van der Waals surface area contributed by atoms with Gasteiger partial charge in [-0.2, -0.15) is 0 Å². The van der Waals surface area contributed by atoms with Crippen LogP contribution in [0.25, 0.3) is 0 Å². The van der Waals surface area contributed by atoms with E-state index in [0.717, 1.165) is 19.3 Å². The molecule has 1 aliphatic rings. The molecule has 1 rings (SSSR count). The summed E-state index contributed by atoms with van der Waals surface area (Å²) < 4.78 is 5.54. The standard InChI is InChI=1S/C14H26O2/c1-5-7-13(15)16-12-8-6-9-14(4,10-12)11(2)3/h11-12H,5-10H2,1-4H3. The predicted molar refractivity (Wildman–Crippen MR) is 66.2 cm³/mol. The van der Waals surface area contributed by atoms with Crippen LogP contribution in [-0.2, 0) is 9.53 Å². The van der Waals surface area contributed by atoms with Crippen LogP contribution in [-0.4, -0.2) is 12.1 Å². The van der Waals surface area contributed by atoms with E-state index in [1.165, 1.54) is 12.8 Å². The molecule has 0 saturated heterocycles. The summed E-state index contributed by atoms with van der Waals surface area (Å²) in [6.07, 6.45) is 6.17. The van der Waals surface area contributed by atoms with Crippen molar-refractivity contribution < 1.29 is 9.53 Å². The number of hydrogen-bond donors (Lipinski definition) is 0. The molecule has 0 aromatic rings. The van der Waals surface area contributed by atoms with Gasteiger partial charge in [-0.3, -0.25) is 4.79 Å². The van der Waals surface area contributed by atoms with E-state index in [1.54, 1.807) is 0 Å². The lowest BCUT2D eigenvalue weighted by Crippen LogP contribution is -2.35. The minimum absolute atomic E-state index is 0.0134. The minimum Gasteiger partial charge on any atom is -0.462 e. The van der Waals surface area contributed by atoms with Crippen molar-refractivity contribution in [1.29, 1.82) is 0 Å². The Kier molecular flexibility index (Phi) is 4.82. The molecule has 0 heterocycles. The quantitative estimate of drug-likeness (QED) is 0.679. The molecule has 0 spiro atoms.